The van der Waals surface area contributed by atoms with Gasteiger partial charge in [-0.15, -0.1) is 0 Å². The van der Waals surface area contributed by atoms with E-state index in [9.17, 15) is 14.9 Å². The molecule has 2 aromatic carbocycles. The number of nitro groups is 1. The lowest BCUT2D eigenvalue weighted by Gasteiger charge is -2.35. The number of anilines is 1. The Kier molecular flexibility index (Phi) is 6.49. The summed E-state index contributed by atoms with van der Waals surface area (Å²) in [5.41, 5.74) is 0.440. The SMILES string of the molecule is O=C(COc1cc(Cl)ccc1Cl)N1CCN(c2ccc(Cl)cc2[N+](=O)[O-])CC1. The van der Waals surface area contributed by atoms with Gasteiger partial charge in [-0.1, -0.05) is 34.8 Å². The van der Waals surface area contributed by atoms with E-state index >= 15 is 0 Å². The maximum Gasteiger partial charge on any atom is 0.294 e. The fourth-order valence-corrected chi connectivity index (χ4v) is 3.43. The van der Waals surface area contributed by atoms with Crippen molar-refractivity contribution in [2.75, 3.05) is 37.7 Å². The van der Waals surface area contributed by atoms with E-state index in [2.05, 4.69) is 0 Å². The van der Waals surface area contributed by atoms with Gasteiger partial charge in [0.2, 0.25) is 0 Å². The van der Waals surface area contributed by atoms with Crippen LogP contribution in [0.25, 0.3) is 0 Å². The van der Waals surface area contributed by atoms with Crippen LogP contribution in [0.1, 0.15) is 0 Å². The Morgan fingerprint density at radius 3 is 2.36 bits per heavy atom. The molecule has 1 amide bonds. The van der Waals surface area contributed by atoms with Gasteiger partial charge in [0.25, 0.3) is 11.6 Å². The summed E-state index contributed by atoms with van der Waals surface area (Å²) in [5.74, 6) is 0.152. The van der Waals surface area contributed by atoms with Crippen LogP contribution in [0.5, 0.6) is 5.75 Å². The molecule has 0 radical (unpaired) electrons. The molecule has 3 rings (SSSR count). The third-order valence-corrected chi connectivity index (χ3v) is 5.13. The number of rotatable bonds is 5. The lowest BCUT2D eigenvalue weighted by molar-refractivity contribution is -0.384. The zero-order valence-corrected chi connectivity index (χ0v) is 16.9. The van der Waals surface area contributed by atoms with E-state index in [1.54, 1.807) is 35.2 Å². The van der Waals surface area contributed by atoms with E-state index < -0.39 is 4.92 Å². The summed E-state index contributed by atoms with van der Waals surface area (Å²) in [6.45, 7) is 1.61. The van der Waals surface area contributed by atoms with Gasteiger partial charge >= 0.3 is 0 Å². The van der Waals surface area contributed by atoms with Crippen molar-refractivity contribution >= 4 is 52.1 Å². The first kappa shape index (κ1) is 20.5. The predicted octanol–water partition coefficient (Wildman–Crippen LogP) is 4.28. The van der Waals surface area contributed by atoms with E-state index in [0.717, 1.165) is 0 Å². The van der Waals surface area contributed by atoms with Gasteiger partial charge in [0.15, 0.2) is 6.61 Å². The minimum Gasteiger partial charge on any atom is -0.482 e. The van der Waals surface area contributed by atoms with Crippen LogP contribution in [-0.2, 0) is 4.79 Å². The lowest BCUT2D eigenvalue weighted by Crippen LogP contribution is -2.50. The minimum atomic E-state index is -0.457. The number of hydrogen-bond donors (Lipinski definition) is 0. The van der Waals surface area contributed by atoms with Crippen LogP contribution in [0.15, 0.2) is 36.4 Å². The molecular formula is C18H16Cl3N3O4. The minimum absolute atomic E-state index is 0.0498. The molecule has 0 bridgehead atoms. The summed E-state index contributed by atoms with van der Waals surface area (Å²) in [5, 5.41) is 12.4. The number of piperazine rings is 1. The van der Waals surface area contributed by atoms with Crippen molar-refractivity contribution in [1.29, 1.82) is 0 Å². The largest absolute Gasteiger partial charge is 0.482 e. The molecule has 1 saturated heterocycles. The van der Waals surface area contributed by atoms with Gasteiger partial charge in [0.05, 0.1) is 9.95 Å². The first-order valence-corrected chi connectivity index (χ1v) is 9.53. The molecule has 1 fully saturated rings. The van der Waals surface area contributed by atoms with Gasteiger partial charge in [0, 0.05) is 48.4 Å². The first-order chi connectivity index (χ1) is 13.3. The molecular weight excluding hydrogens is 429 g/mol. The highest BCUT2D eigenvalue weighted by Gasteiger charge is 2.26. The molecule has 0 unspecified atom stereocenters. The molecule has 148 valence electrons. The number of nitrogens with zero attached hydrogens (tertiary/aromatic N) is 3. The molecule has 0 spiro atoms. The van der Waals surface area contributed by atoms with E-state index in [0.29, 0.717) is 52.7 Å². The van der Waals surface area contributed by atoms with Crippen LogP contribution >= 0.6 is 34.8 Å². The molecule has 0 aliphatic carbocycles. The second kappa shape index (κ2) is 8.86. The Morgan fingerprint density at radius 1 is 1.04 bits per heavy atom. The topological polar surface area (TPSA) is 75.9 Å². The van der Waals surface area contributed by atoms with Gasteiger partial charge in [-0.3, -0.25) is 14.9 Å². The average Bonchev–Trinajstić information content (AvgIpc) is 2.68. The number of nitro benzene ring substituents is 1. The van der Waals surface area contributed by atoms with Gasteiger partial charge < -0.3 is 14.5 Å². The Hall–Kier alpha value is -2.22. The molecule has 0 saturated carbocycles. The fraction of sp³-hybridized carbons (Fsp3) is 0.278. The summed E-state index contributed by atoms with van der Waals surface area (Å²) in [7, 11) is 0. The van der Waals surface area contributed by atoms with Crippen LogP contribution in [0, 0.1) is 10.1 Å². The molecule has 7 nitrogen and oxygen atoms in total. The van der Waals surface area contributed by atoms with Gasteiger partial charge in [-0.25, -0.2) is 0 Å². The van der Waals surface area contributed by atoms with E-state index in [1.807, 2.05) is 4.90 Å². The number of halogens is 3. The standard InChI is InChI=1S/C18H16Cl3N3O4/c19-12-2-4-15(16(9-12)24(26)27)22-5-7-23(8-6-22)18(25)11-28-17-10-13(20)1-3-14(17)21/h1-4,9-10H,5-8,11H2. The van der Waals surface area contributed by atoms with Crippen molar-refractivity contribution < 1.29 is 14.5 Å². The summed E-state index contributed by atoms with van der Waals surface area (Å²) < 4.78 is 5.48. The number of carbonyl (C=O) groups is 1. The zero-order chi connectivity index (χ0) is 20.3. The quantitative estimate of drug-likeness (QED) is 0.508. The Balaban J connectivity index is 1.59. The summed E-state index contributed by atoms with van der Waals surface area (Å²) in [6.07, 6.45) is 0. The number of amides is 1. The maximum atomic E-state index is 12.4. The second-order valence-corrected chi connectivity index (χ2v) is 7.40. The smallest absolute Gasteiger partial charge is 0.294 e. The van der Waals surface area contributed by atoms with E-state index in [1.165, 1.54) is 6.07 Å². The maximum absolute atomic E-state index is 12.4. The molecule has 0 N–H and O–H groups in total. The molecule has 10 heteroatoms. The number of ether oxygens (including phenoxy) is 1. The Labute approximate surface area is 176 Å². The molecule has 28 heavy (non-hydrogen) atoms. The van der Waals surface area contributed by atoms with Crippen LogP contribution in [-0.4, -0.2) is 48.5 Å². The lowest BCUT2D eigenvalue weighted by atomic mass is 10.2. The van der Waals surface area contributed by atoms with Crippen molar-refractivity contribution in [1.82, 2.24) is 4.90 Å². The Bertz CT molecular complexity index is 902. The highest BCUT2D eigenvalue weighted by molar-refractivity contribution is 6.34. The Morgan fingerprint density at radius 2 is 1.68 bits per heavy atom. The predicted molar refractivity (Wildman–Crippen MR) is 109 cm³/mol. The van der Waals surface area contributed by atoms with Gasteiger partial charge in [-0.05, 0) is 24.3 Å². The van der Waals surface area contributed by atoms with Crippen molar-refractivity contribution in [3.8, 4) is 5.75 Å². The average molecular weight is 445 g/mol. The molecule has 2 aromatic rings. The van der Waals surface area contributed by atoms with Crippen molar-refractivity contribution in [2.45, 2.75) is 0 Å². The number of benzene rings is 2. The van der Waals surface area contributed by atoms with E-state index in [4.69, 9.17) is 39.5 Å². The molecule has 1 aliphatic heterocycles. The number of hydrogen-bond acceptors (Lipinski definition) is 5. The molecule has 0 aromatic heterocycles. The third kappa shape index (κ3) is 4.79. The summed E-state index contributed by atoms with van der Waals surface area (Å²) in [6, 6.07) is 9.35. The van der Waals surface area contributed by atoms with Crippen molar-refractivity contribution in [3.63, 3.8) is 0 Å². The summed E-state index contributed by atoms with van der Waals surface area (Å²) >= 11 is 17.8. The molecule has 1 aliphatic rings. The fourth-order valence-electron chi connectivity index (χ4n) is 2.93. The van der Waals surface area contributed by atoms with Gasteiger partial charge in [0.1, 0.15) is 11.4 Å². The first-order valence-electron chi connectivity index (χ1n) is 8.39. The highest BCUT2D eigenvalue weighted by Crippen LogP contribution is 2.32. The third-order valence-electron chi connectivity index (χ3n) is 4.35. The number of carbonyl (C=O) groups excluding carboxylic acids is 1. The normalized spacial score (nSPS) is 14.1. The molecule has 1 heterocycles. The van der Waals surface area contributed by atoms with Gasteiger partial charge in [-0.2, -0.15) is 0 Å². The van der Waals surface area contributed by atoms with E-state index in [-0.39, 0.29) is 18.2 Å². The van der Waals surface area contributed by atoms with Crippen LogP contribution in [0.4, 0.5) is 11.4 Å². The van der Waals surface area contributed by atoms with Crippen LogP contribution in [0.3, 0.4) is 0 Å². The monoisotopic (exact) mass is 443 g/mol. The van der Waals surface area contributed by atoms with Crippen LogP contribution in [0.2, 0.25) is 15.1 Å². The zero-order valence-electron chi connectivity index (χ0n) is 14.6. The second-order valence-electron chi connectivity index (χ2n) is 6.12. The van der Waals surface area contributed by atoms with Crippen molar-refractivity contribution in [2.24, 2.45) is 0 Å². The summed E-state index contributed by atoms with van der Waals surface area (Å²) in [4.78, 5) is 26.8. The highest BCUT2D eigenvalue weighted by atomic mass is 35.5. The van der Waals surface area contributed by atoms with Crippen molar-refractivity contribution in [3.05, 3.63) is 61.6 Å². The molecule has 0 atom stereocenters. The van der Waals surface area contributed by atoms with Crippen LogP contribution < -0.4 is 9.64 Å².